The summed E-state index contributed by atoms with van der Waals surface area (Å²) in [5, 5.41) is 6.26. The second kappa shape index (κ2) is 7.81. The first-order chi connectivity index (χ1) is 13.2. The Morgan fingerprint density at radius 3 is 2.81 bits per heavy atom. The lowest BCUT2D eigenvalue weighted by molar-refractivity contribution is -0.116. The Morgan fingerprint density at radius 1 is 1.19 bits per heavy atom. The van der Waals surface area contributed by atoms with Gasteiger partial charge in [0.2, 0.25) is 5.91 Å². The minimum atomic E-state index is -0.0580. The first-order valence-corrected chi connectivity index (χ1v) is 10.1. The molecule has 0 bridgehead atoms. The van der Waals surface area contributed by atoms with Gasteiger partial charge in [-0.3, -0.25) is 4.79 Å². The van der Waals surface area contributed by atoms with E-state index in [1.807, 2.05) is 35.5 Å². The zero-order valence-electron chi connectivity index (χ0n) is 14.6. The molecule has 0 aliphatic rings. The van der Waals surface area contributed by atoms with E-state index >= 15 is 0 Å². The normalized spacial score (nSPS) is 10.9. The number of amides is 1. The first kappa shape index (κ1) is 17.6. The number of thiophene rings is 1. The van der Waals surface area contributed by atoms with Crippen LogP contribution in [0, 0.1) is 0 Å². The Bertz CT molecular complexity index is 1050. The van der Waals surface area contributed by atoms with Gasteiger partial charge in [-0.1, -0.05) is 30.3 Å². The summed E-state index contributed by atoms with van der Waals surface area (Å²) in [6, 6.07) is 12.4. The van der Waals surface area contributed by atoms with Crippen LogP contribution in [0.15, 0.2) is 54.3 Å². The lowest BCUT2D eigenvalue weighted by Crippen LogP contribution is -2.24. The third-order valence-electron chi connectivity index (χ3n) is 4.08. The van der Waals surface area contributed by atoms with Crippen LogP contribution in [0.1, 0.15) is 6.42 Å². The fraction of sp³-hybridized carbons (Fsp3) is 0.158. The fourth-order valence-electron chi connectivity index (χ4n) is 2.73. The molecular weight excluding hydrogens is 378 g/mol. The van der Waals surface area contributed by atoms with Crippen LogP contribution in [0.4, 0.5) is 10.9 Å². The summed E-state index contributed by atoms with van der Waals surface area (Å²) in [4.78, 5) is 29.1. The molecule has 3 aromatic heterocycles. The van der Waals surface area contributed by atoms with Gasteiger partial charge in [0.1, 0.15) is 17.0 Å². The van der Waals surface area contributed by atoms with Crippen molar-refractivity contribution in [2.75, 3.05) is 23.8 Å². The maximum atomic E-state index is 12.1. The zero-order chi connectivity index (χ0) is 18.6. The summed E-state index contributed by atoms with van der Waals surface area (Å²) in [6.45, 7) is 0.555. The molecular formula is C19H17N5OS2. The highest BCUT2D eigenvalue weighted by Crippen LogP contribution is 2.35. The van der Waals surface area contributed by atoms with Gasteiger partial charge < -0.3 is 10.2 Å². The second-order valence-corrected chi connectivity index (χ2v) is 7.87. The van der Waals surface area contributed by atoms with E-state index in [4.69, 9.17) is 0 Å². The standard InChI is InChI=1S/C19H17N5OS2/c1-24(9-7-16(25)23-19-20-8-10-26-19)17-14-11-15(13-5-3-2-4-6-13)27-18(14)22-12-21-17/h2-6,8,10-12H,7,9H2,1H3,(H,20,23,25). The molecule has 1 N–H and O–H groups in total. The lowest BCUT2D eigenvalue weighted by atomic mass is 10.2. The van der Waals surface area contributed by atoms with Crippen LogP contribution < -0.4 is 10.2 Å². The number of aromatic nitrogens is 3. The van der Waals surface area contributed by atoms with Crippen molar-refractivity contribution in [3.63, 3.8) is 0 Å². The fourth-order valence-corrected chi connectivity index (χ4v) is 4.28. The largest absolute Gasteiger partial charge is 0.359 e. The Labute approximate surface area is 164 Å². The minimum Gasteiger partial charge on any atom is -0.359 e. The minimum absolute atomic E-state index is 0.0580. The molecule has 4 aromatic rings. The zero-order valence-corrected chi connectivity index (χ0v) is 16.3. The number of benzene rings is 1. The molecule has 3 heterocycles. The Balaban J connectivity index is 1.50. The SMILES string of the molecule is CN(CCC(=O)Nc1nccs1)c1ncnc2sc(-c3ccccc3)cc12. The van der Waals surface area contributed by atoms with E-state index in [2.05, 4.69) is 38.5 Å². The number of nitrogens with zero attached hydrogens (tertiary/aromatic N) is 4. The number of hydrogen-bond acceptors (Lipinski definition) is 7. The van der Waals surface area contributed by atoms with E-state index in [1.54, 1.807) is 23.9 Å². The van der Waals surface area contributed by atoms with E-state index in [0.717, 1.165) is 26.5 Å². The number of rotatable bonds is 6. The van der Waals surface area contributed by atoms with E-state index in [0.29, 0.717) is 18.1 Å². The Hall–Kier alpha value is -2.84. The molecule has 0 aliphatic carbocycles. The van der Waals surface area contributed by atoms with Crippen molar-refractivity contribution in [1.29, 1.82) is 0 Å². The van der Waals surface area contributed by atoms with Gasteiger partial charge in [-0.15, -0.1) is 22.7 Å². The van der Waals surface area contributed by atoms with Crippen molar-refractivity contribution in [3.05, 3.63) is 54.3 Å². The maximum absolute atomic E-state index is 12.1. The lowest BCUT2D eigenvalue weighted by Gasteiger charge is -2.18. The molecule has 27 heavy (non-hydrogen) atoms. The Kier molecular flexibility index (Phi) is 5.08. The predicted octanol–water partition coefficient (Wildman–Crippen LogP) is 4.28. The number of nitrogens with one attached hydrogen (secondary N) is 1. The van der Waals surface area contributed by atoms with Crippen molar-refractivity contribution >= 4 is 49.7 Å². The third kappa shape index (κ3) is 3.96. The maximum Gasteiger partial charge on any atom is 0.227 e. The van der Waals surface area contributed by atoms with Crippen molar-refractivity contribution < 1.29 is 4.79 Å². The number of anilines is 2. The van der Waals surface area contributed by atoms with Crippen molar-refractivity contribution in [2.45, 2.75) is 6.42 Å². The number of carbonyl (C=O) groups excluding carboxylic acids is 1. The topological polar surface area (TPSA) is 71.0 Å². The Morgan fingerprint density at radius 2 is 2.04 bits per heavy atom. The van der Waals surface area contributed by atoms with Gasteiger partial charge in [0.25, 0.3) is 0 Å². The molecule has 0 radical (unpaired) electrons. The number of carbonyl (C=O) groups is 1. The molecule has 0 atom stereocenters. The smallest absolute Gasteiger partial charge is 0.227 e. The molecule has 0 unspecified atom stereocenters. The molecule has 1 amide bonds. The molecule has 0 saturated carbocycles. The summed E-state index contributed by atoms with van der Waals surface area (Å²) >= 11 is 3.05. The van der Waals surface area contributed by atoms with Crippen molar-refractivity contribution in [2.24, 2.45) is 0 Å². The molecule has 4 rings (SSSR count). The van der Waals surface area contributed by atoms with Crippen LogP contribution in [0.3, 0.4) is 0 Å². The van der Waals surface area contributed by atoms with Crippen LogP contribution in [0.25, 0.3) is 20.7 Å². The molecule has 0 spiro atoms. The monoisotopic (exact) mass is 395 g/mol. The van der Waals surface area contributed by atoms with Gasteiger partial charge in [-0.25, -0.2) is 15.0 Å². The molecule has 8 heteroatoms. The molecule has 1 aromatic carbocycles. The number of hydrogen-bond donors (Lipinski definition) is 1. The average molecular weight is 396 g/mol. The summed E-state index contributed by atoms with van der Waals surface area (Å²) in [5.74, 6) is 0.776. The summed E-state index contributed by atoms with van der Waals surface area (Å²) in [6.07, 6.45) is 3.61. The highest BCUT2D eigenvalue weighted by molar-refractivity contribution is 7.21. The molecule has 6 nitrogen and oxygen atoms in total. The van der Waals surface area contributed by atoms with Gasteiger partial charge in [0.05, 0.1) is 5.39 Å². The number of fused-ring (bicyclic) bond motifs is 1. The quantitative estimate of drug-likeness (QED) is 0.528. The predicted molar refractivity (Wildman–Crippen MR) is 111 cm³/mol. The molecule has 0 saturated heterocycles. The van der Waals surface area contributed by atoms with Crippen LogP contribution in [0.2, 0.25) is 0 Å². The van der Waals surface area contributed by atoms with Crippen LogP contribution in [-0.2, 0) is 4.79 Å². The first-order valence-electron chi connectivity index (χ1n) is 8.41. The van der Waals surface area contributed by atoms with Crippen molar-refractivity contribution in [3.8, 4) is 10.4 Å². The van der Waals surface area contributed by atoms with Crippen molar-refractivity contribution in [1.82, 2.24) is 15.0 Å². The van der Waals surface area contributed by atoms with E-state index in [1.165, 1.54) is 11.3 Å². The van der Waals surface area contributed by atoms with Gasteiger partial charge >= 0.3 is 0 Å². The van der Waals surface area contributed by atoms with E-state index in [9.17, 15) is 4.79 Å². The van der Waals surface area contributed by atoms with Gasteiger partial charge in [-0.2, -0.15) is 0 Å². The van der Waals surface area contributed by atoms with E-state index < -0.39 is 0 Å². The highest BCUT2D eigenvalue weighted by atomic mass is 32.1. The summed E-state index contributed by atoms with van der Waals surface area (Å²) < 4.78 is 0. The summed E-state index contributed by atoms with van der Waals surface area (Å²) in [7, 11) is 1.94. The third-order valence-corrected chi connectivity index (χ3v) is 5.86. The average Bonchev–Trinajstić information content (AvgIpc) is 3.36. The van der Waals surface area contributed by atoms with Crippen LogP contribution >= 0.6 is 22.7 Å². The van der Waals surface area contributed by atoms with E-state index in [-0.39, 0.29) is 5.91 Å². The number of thiazole rings is 1. The highest BCUT2D eigenvalue weighted by Gasteiger charge is 2.14. The summed E-state index contributed by atoms with van der Waals surface area (Å²) in [5.41, 5.74) is 1.16. The van der Waals surface area contributed by atoms with Gasteiger partial charge in [-0.05, 0) is 11.6 Å². The molecule has 0 aliphatic heterocycles. The second-order valence-electron chi connectivity index (χ2n) is 5.95. The van der Waals surface area contributed by atoms with Crippen LogP contribution in [-0.4, -0.2) is 34.5 Å². The van der Waals surface area contributed by atoms with Gasteiger partial charge in [0.15, 0.2) is 5.13 Å². The molecule has 136 valence electrons. The molecule has 0 fully saturated rings. The van der Waals surface area contributed by atoms with Gasteiger partial charge in [0, 0.05) is 36.5 Å². The van der Waals surface area contributed by atoms with Crippen LogP contribution in [0.5, 0.6) is 0 Å².